The van der Waals surface area contributed by atoms with E-state index in [4.69, 9.17) is 4.55 Å². The highest BCUT2D eigenvalue weighted by atomic mass is 32.2. The fraction of sp³-hybridized carbons (Fsp3) is 0.571. The van der Waals surface area contributed by atoms with Crippen molar-refractivity contribution in [2.45, 2.75) is 31.3 Å². The predicted octanol–water partition coefficient (Wildman–Crippen LogP) is 0.999. The van der Waals surface area contributed by atoms with E-state index in [-0.39, 0.29) is 5.16 Å². The summed E-state index contributed by atoms with van der Waals surface area (Å²) in [4.78, 5) is 6.09. The lowest BCUT2D eigenvalue weighted by Crippen LogP contribution is -2.00. The fourth-order valence-electron chi connectivity index (χ4n) is 0.964. The lowest BCUT2D eigenvalue weighted by molar-refractivity contribution is 0.475. The average molecular weight is 204 g/mol. The molecule has 0 atom stereocenters. The number of aromatic amines is 1. The van der Waals surface area contributed by atoms with Crippen LogP contribution in [-0.2, 0) is 16.5 Å². The molecule has 0 aliphatic carbocycles. The molecule has 1 aromatic rings. The first-order chi connectivity index (χ1) is 6.04. The Morgan fingerprint density at radius 1 is 1.62 bits per heavy atom. The SMILES string of the molecule is CCCCc1cnc(S(=O)(=O)O)[nH]1. The van der Waals surface area contributed by atoms with E-state index in [2.05, 4.69) is 9.97 Å². The highest BCUT2D eigenvalue weighted by molar-refractivity contribution is 7.85. The second-order valence-corrected chi connectivity index (χ2v) is 4.13. The van der Waals surface area contributed by atoms with Crippen molar-refractivity contribution in [2.24, 2.45) is 0 Å². The largest absolute Gasteiger partial charge is 0.331 e. The smallest absolute Gasteiger partial charge is 0.328 e. The van der Waals surface area contributed by atoms with Gasteiger partial charge in [-0.15, -0.1) is 0 Å². The summed E-state index contributed by atoms with van der Waals surface area (Å²) in [7, 11) is -4.17. The molecule has 0 saturated heterocycles. The third kappa shape index (κ3) is 2.82. The number of nitrogens with one attached hydrogen (secondary N) is 1. The topological polar surface area (TPSA) is 83.1 Å². The molecule has 0 aliphatic rings. The molecule has 1 aromatic heterocycles. The van der Waals surface area contributed by atoms with Crippen molar-refractivity contribution >= 4 is 10.1 Å². The van der Waals surface area contributed by atoms with Crippen molar-refractivity contribution in [3.63, 3.8) is 0 Å². The summed E-state index contributed by atoms with van der Waals surface area (Å²) in [5.41, 5.74) is 0.731. The van der Waals surface area contributed by atoms with Gasteiger partial charge >= 0.3 is 10.1 Å². The molecule has 0 aromatic carbocycles. The monoisotopic (exact) mass is 204 g/mol. The van der Waals surface area contributed by atoms with E-state index >= 15 is 0 Å². The number of aryl methyl sites for hydroxylation is 1. The molecular weight excluding hydrogens is 192 g/mol. The van der Waals surface area contributed by atoms with E-state index in [0.717, 1.165) is 25.0 Å². The highest BCUT2D eigenvalue weighted by Gasteiger charge is 2.13. The third-order valence-electron chi connectivity index (χ3n) is 1.65. The van der Waals surface area contributed by atoms with Crippen LogP contribution in [0.25, 0.3) is 0 Å². The van der Waals surface area contributed by atoms with Crippen LogP contribution in [0.5, 0.6) is 0 Å². The number of nitrogens with zero attached hydrogens (tertiary/aromatic N) is 1. The van der Waals surface area contributed by atoms with Crippen molar-refractivity contribution in [2.75, 3.05) is 0 Å². The minimum atomic E-state index is -4.17. The summed E-state index contributed by atoms with van der Waals surface area (Å²) in [5.74, 6) is 0. The molecule has 1 rings (SSSR count). The highest BCUT2D eigenvalue weighted by Crippen LogP contribution is 2.06. The second kappa shape index (κ2) is 3.89. The minimum absolute atomic E-state index is 0.376. The molecule has 13 heavy (non-hydrogen) atoms. The zero-order valence-corrected chi connectivity index (χ0v) is 8.13. The molecule has 0 bridgehead atoms. The molecule has 0 amide bonds. The van der Waals surface area contributed by atoms with E-state index in [1.165, 1.54) is 6.20 Å². The van der Waals surface area contributed by atoms with Gasteiger partial charge in [0.2, 0.25) is 0 Å². The first-order valence-corrected chi connectivity index (χ1v) is 5.49. The number of aromatic nitrogens is 2. The molecule has 0 fully saturated rings. The van der Waals surface area contributed by atoms with Gasteiger partial charge in [-0.3, -0.25) is 4.55 Å². The normalized spacial score (nSPS) is 11.8. The Kier molecular flexibility index (Phi) is 3.05. The number of H-pyrrole nitrogens is 1. The Bertz CT molecular complexity index is 369. The predicted molar refractivity (Wildman–Crippen MR) is 47.0 cm³/mol. The van der Waals surface area contributed by atoms with Crippen molar-refractivity contribution < 1.29 is 13.0 Å². The van der Waals surface area contributed by atoms with Crippen LogP contribution in [0.2, 0.25) is 0 Å². The summed E-state index contributed by atoms with van der Waals surface area (Å²) in [6, 6.07) is 0. The van der Waals surface area contributed by atoms with Gasteiger partial charge in [0, 0.05) is 11.9 Å². The van der Waals surface area contributed by atoms with Crippen LogP contribution in [0.4, 0.5) is 0 Å². The molecule has 0 aliphatic heterocycles. The van der Waals surface area contributed by atoms with Crippen LogP contribution in [0.1, 0.15) is 25.5 Å². The van der Waals surface area contributed by atoms with Crippen LogP contribution in [0.3, 0.4) is 0 Å². The molecule has 0 radical (unpaired) electrons. The lowest BCUT2D eigenvalue weighted by atomic mass is 10.2. The average Bonchev–Trinajstić information content (AvgIpc) is 2.47. The van der Waals surface area contributed by atoms with Crippen LogP contribution in [0.15, 0.2) is 11.4 Å². The second-order valence-electron chi connectivity index (χ2n) is 2.79. The summed E-state index contributed by atoms with van der Waals surface area (Å²) >= 11 is 0. The van der Waals surface area contributed by atoms with Gasteiger partial charge < -0.3 is 4.98 Å². The standard InChI is InChI=1S/C7H12N2O3S/c1-2-3-4-6-5-8-7(9-6)13(10,11)12/h5H,2-4H2,1H3,(H,8,9)(H,10,11,12). The van der Waals surface area contributed by atoms with E-state index in [0.29, 0.717) is 0 Å². The van der Waals surface area contributed by atoms with Crippen LogP contribution >= 0.6 is 0 Å². The van der Waals surface area contributed by atoms with Gasteiger partial charge in [-0.1, -0.05) is 13.3 Å². The summed E-state index contributed by atoms with van der Waals surface area (Å²) in [6.07, 6.45) is 4.17. The number of unbranched alkanes of at least 4 members (excludes halogenated alkanes) is 1. The molecule has 0 unspecified atom stereocenters. The number of imidazole rings is 1. The van der Waals surface area contributed by atoms with Gasteiger partial charge in [-0.2, -0.15) is 8.42 Å². The fourth-order valence-corrected chi connectivity index (χ4v) is 1.41. The Morgan fingerprint density at radius 3 is 2.77 bits per heavy atom. The molecule has 0 spiro atoms. The van der Waals surface area contributed by atoms with E-state index in [1.54, 1.807) is 0 Å². The van der Waals surface area contributed by atoms with Gasteiger partial charge in [0.15, 0.2) is 0 Å². The Hall–Kier alpha value is -0.880. The van der Waals surface area contributed by atoms with E-state index in [9.17, 15) is 8.42 Å². The van der Waals surface area contributed by atoms with Gasteiger partial charge in [0.1, 0.15) is 0 Å². The number of hydrogen-bond acceptors (Lipinski definition) is 3. The van der Waals surface area contributed by atoms with Crippen molar-refractivity contribution in [3.05, 3.63) is 11.9 Å². The maximum atomic E-state index is 10.6. The van der Waals surface area contributed by atoms with Crippen molar-refractivity contribution in [1.29, 1.82) is 0 Å². The van der Waals surface area contributed by atoms with Crippen LogP contribution in [0, 0.1) is 0 Å². The maximum Gasteiger partial charge on any atom is 0.328 e. The zero-order chi connectivity index (χ0) is 9.90. The van der Waals surface area contributed by atoms with Crippen LogP contribution < -0.4 is 0 Å². The molecular formula is C7H12N2O3S. The molecule has 74 valence electrons. The minimum Gasteiger partial charge on any atom is -0.331 e. The quantitative estimate of drug-likeness (QED) is 0.717. The third-order valence-corrected chi connectivity index (χ3v) is 2.35. The first kappa shape index (κ1) is 10.2. The van der Waals surface area contributed by atoms with Crippen molar-refractivity contribution in [1.82, 2.24) is 9.97 Å². The number of hydrogen-bond donors (Lipinski definition) is 2. The molecule has 1 heterocycles. The number of rotatable bonds is 4. The van der Waals surface area contributed by atoms with Crippen molar-refractivity contribution in [3.8, 4) is 0 Å². The van der Waals surface area contributed by atoms with Gasteiger partial charge in [-0.05, 0) is 12.8 Å². The van der Waals surface area contributed by atoms with E-state index in [1.807, 2.05) is 6.92 Å². The molecule has 5 nitrogen and oxygen atoms in total. The lowest BCUT2D eigenvalue weighted by Gasteiger charge is -1.92. The summed E-state index contributed by atoms with van der Waals surface area (Å²) < 4.78 is 29.8. The van der Waals surface area contributed by atoms with Gasteiger partial charge in [0.25, 0.3) is 5.16 Å². The van der Waals surface area contributed by atoms with Crippen LogP contribution in [-0.4, -0.2) is 22.9 Å². The summed E-state index contributed by atoms with van der Waals surface area (Å²) in [6.45, 7) is 2.04. The Morgan fingerprint density at radius 2 is 2.31 bits per heavy atom. The van der Waals surface area contributed by atoms with E-state index < -0.39 is 10.1 Å². The first-order valence-electron chi connectivity index (χ1n) is 4.05. The van der Waals surface area contributed by atoms with Gasteiger partial charge in [0.05, 0.1) is 0 Å². The summed E-state index contributed by atoms with van der Waals surface area (Å²) in [5, 5.41) is -0.376. The van der Waals surface area contributed by atoms with Gasteiger partial charge in [-0.25, -0.2) is 4.98 Å². The maximum absolute atomic E-state index is 10.6. The molecule has 2 N–H and O–H groups in total. The Labute approximate surface area is 76.9 Å². The molecule has 0 saturated carbocycles. The molecule has 6 heteroatoms. The zero-order valence-electron chi connectivity index (χ0n) is 7.32. The Balaban J connectivity index is 2.76.